The van der Waals surface area contributed by atoms with E-state index in [-0.39, 0.29) is 5.69 Å². The molecule has 2 aromatic rings. The second-order valence-electron chi connectivity index (χ2n) is 8.18. The van der Waals surface area contributed by atoms with Gasteiger partial charge in [-0.3, -0.25) is 14.1 Å². The summed E-state index contributed by atoms with van der Waals surface area (Å²) in [4.78, 5) is 14.6. The molecule has 0 radical (unpaired) electrons. The zero-order valence-corrected chi connectivity index (χ0v) is 17.7. The van der Waals surface area contributed by atoms with Gasteiger partial charge in [0.15, 0.2) is 0 Å². The van der Waals surface area contributed by atoms with E-state index in [0.717, 1.165) is 50.4 Å². The first-order valence-electron chi connectivity index (χ1n) is 10.2. The molecule has 1 saturated heterocycles. The lowest BCUT2D eigenvalue weighted by molar-refractivity contribution is 0.174. The first kappa shape index (κ1) is 19.9. The molecule has 1 aliphatic rings. The molecule has 27 heavy (non-hydrogen) atoms. The van der Waals surface area contributed by atoms with Crippen molar-refractivity contribution in [3.63, 3.8) is 0 Å². The molecule has 0 saturated carbocycles. The van der Waals surface area contributed by atoms with E-state index in [1.165, 1.54) is 15.9 Å². The van der Waals surface area contributed by atoms with E-state index in [1.807, 2.05) is 6.92 Å². The Hall–Kier alpha value is -1.89. The molecule has 3 rings (SSSR count). The van der Waals surface area contributed by atoms with E-state index in [4.69, 9.17) is 5.10 Å². The topological polar surface area (TPSA) is 60.9 Å². The third-order valence-corrected chi connectivity index (χ3v) is 5.93. The van der Waals surface area contributed by atoms with Crippen molar-refractivity contribution in [1.29, 1.82) is 0 Å². The van der Waals surface area contributed by atoms with Crippen molar-refractivity contribution in [1.82, 2.24) is 29.0 Å². The van der Waals surface area contributed by atoms with Crippen molar-refractivity contribution in [2.24, 2.45) is 13.0 Å². The summed E-state index contributed by atoms with van der Waals surface area (Å²) in [7, 11) is 1.74. The van der Waals surface area contributed by atoms with Gasteiger partial charge in [-0.05, 0) is 66.5 Å². The van der Waals surface area contributed by atoms with Gasteiger partial charge in [-0.25, -0.2) is 9.48 Å². The molecule has 0 spiro atoms. The highest BCUT2D eigenvalue weighted by molar-refractivity contribution is 5.24. The van der Waals surface area contributed by atoms with E-state index in [0.29, 0.717) is 18.5 Å². The third kappa shape index (κ3) is 4.03. The number of rotatable bonds is 6. The van der Waals surface area contributed by atoms with Crippen LogP contribution in [0.15, 0.2) is 4.79 Å². The van der Waals surface area contributed by atoms with Crippen LogP contribution in [0.25, 0.3) is 0 Å². The molecule has 0 N–H and O–H groups in total. The van der Waals surface area contributed by atoms with Crippen LogP contribution in [0.2, 0.25) is 0 Å². The van der Waals surface area contributed by atoms with Gasteiger partial charge in [0.25, 0.3) is 0 Å². The highest BCUT2D eigenvalue weighted by atomic mass is 16.2. The average Bonchev–Trinajstić information content (AvgIpc) is 3.06. The zero-order chi connectivity index (χ0) is 19.7. The van der Waals surface area contributed by atoms with Gasteiger partial charge in [0.1, 0.15) is 5.82 Å². The summed E-state index contributed by atoms with van der Waals surface area (Å²) in [6, 6.07) is 0.401. The maximum atomic E-state index is 12.1. The second kappa shape index (κ2) is 8.00. The maximum Gasteiger partial charge on any atom is 0.345 e. The molecule has 7 nitrogen and oxygen atoms in total. The lowest BCUT2D eigenvalue weighted by Gasteiger charge is -2.31. The fourth-order valence-corrected chi connectivity index (χ4v) is 4.28. The summed E-state index contributed by atoms with van der Waals surface area (Å²) in [6.45, 7) is 14.6. The van der Waals surface area contributed by atoms with Crippen molar-refractivity contribution in [2.75, 3.05) is 13.1 Å². The lowest BCUT2D eigenvalue weighted by Crippen LogP contribution is -2.34. The highest BCUT2D eigenvalue weighted by Gasteiger charge is 2.24. The largest absolute Gasteiger partial charge is 0.345 e. The highest BCUT2D eigenvalue weighted by Crippen LogP contribution is 2.24. The van der Waals surface area contributed by atoms with E-state index >= 15 is 0 Å². The van der Waals surface area contributed by atoms with Gasteiger partial charge in [0, 0.05) is 43.9 Å². The molecule has 150 valence electrons. The minimum absolute atomic E-state index is 0.00180. The first-order chi connectivity index (χ1) is 12.8. The molecule has 0 amide bonds. The standard InChI is InChI=1S/C20H34N6O/c1-7-25-19(22-23(6)20(25)27)12-17-8-10-24(11-9-17)13-18-15(4)21-26(14(2)3)16(18)5/h14,17H,7-13H2,1-6H3. The van der Waals surface area contributed by atoms with Crippen molar-refractivity contribution >= 4 is 0 Å². The molecule has 0 bridgehead atoms. The summed E-state index contributed by atoms with van der Waals surface area (Å²) < 4.78 is 5.41. The van der Waals surface area contributed by atoms with Gasteiger partial charge < -0.3 is 0 Å². The molecule has 0 atom stereocenters. The number of aryl methyl sites for hydroxylation is 2. The fraction of sp³-hybridized carbons (Fsp3) is 0.750. The van der Waals surface area contributed by atoms with Crippen LogP contribution in [0.3, 0.4) is 0 Å². The molecule has 2 aromatic heterocycles. The SMILES string of the molecule is CCn1c(CC2CCN(Cc3c(C)nn(C(C)C)c3C)CC2)nn(C)c1=O. The molecule has 1 fully saturated rings. The van der Waals surface area contributed by atoms with Crippen LogP contribution in [0.5, 0.6) is 0 Å². The Bertz CT molecular complexity index is 836. The second-order valence-corrected chi connectivity index (χ2v) is 8.18. The van der Waals surface area contributed by atoms with Crippen LogP contribution in [0, 0.1) is 19.8 Å². The van der Waals surface area contributed by atoms with Crippen molar-refractivity contribution in [3.8, 4) is 0 Å². The Morgan fingerprint density at radius 3 is 2.37 bits per heavy atom. The summed E-state index contributed by atoms with van der Waals surface area (Å²) in [5, 5.41) is 9.17. The number of aromatic nitrogens is 5. The van der Waals surface area contributed by atoms with Crippen LogP contribution in [-0.2, 0) is 26.6 Å². The number of piperidine rings is 1. The fourth-order valence-electron chi connectivity index (χ4n) is 4.28. The number of hydrogen-bond acceptors (Lipinski definition) is 4. The van der Waals surface area contributed by atoms with Crippen molar-refractivity contribution in [2.45, 2.75) is 73.0 Å². The average molecular weight is 375 g/mol. The van der Waals surface area contributed by atoms with Crippen molar-refractivity contribution < 1.29 is 0 Å². The van der Waals surface area contributed by atoms with E-state index < -0.39 is 0 Å². The van der Waals surface area contributed by atoms with Gasteiger partial charge in [-0.1, -0.05) is 0 Å². The molecular weight excluding hydrogens is 340 g/mol. The number of nitrogens with zero attached hydrogens (tertiary/aromatic N) is 6. The molecule has 0 unspecified atom stereocenters. The van der Waals surface area contributed by atoms with Crippen LogP contribution in [0.4, 0.5) is 0 Å². The lowest BCUT2D eigenvalue weighted by atomic mass is 9.93. The molecular formula is C20H34N6O. The quantitative estimate of drug-likeness (QED) is 0.779. The predicted molar refractivity (Wildman–Crippen MR) is 107 cm³/mol. The summed E-state index contributed by atoms with van der Waals surface area (Å²) >= 11 is 0. The van der Waals surface area contributed by atoms with Gasteiger partial charge in [0.2, 0.25) is 0 Å². The van der Waals surface area contributed by atoms with Gasteiger partial charge >= 0.3 is 5.69 Å². The maximum absolute atomic E-state index is 12.1. The molecule has 1 aliphatic heterocycles. The Balaban J connectivity index is 1.60. The third-order valence-electron chi connectivity index (χ3n) is 5.93. The van der Waals surface area contributed by atoms with Crippen LogP contribution in [-0.4, -0.2) is 42.1 Å². The van der Waals surface area contributed by atoms with Crippen LogP contribution >= 0.6 is 0 Å². The van der Waals surface area contributed by atoms with E-state index in [1.54, 1.807) is 11.6 Å². The molecule has 0 aliphatic carbocycles. The van der Waals surface area contributed by atoms with E-state index in [9.17, 15) is 4.79 Å². The smallest absolute Gasteiger partial charge is 0.299 e. The van der Waals surface area contributed by atoms with E-state index in [2.05, 4.69) is 42.4 Å². The molecule has 7 heteroatoms. The van der Waals surface area contributed by atoms with Crippen molar-refractivity contribution in [3.05, 3.63) is 33.3 Å². The minimum atomic E-state index is -0.00180. The van der Waals surface area contributed by atoms with Gasteiger partial charge in [-0.2, -0.15) is 10.2 Å². The van der Waals surface area contributed by atoms with Crippen LogP contribution in [0.1, 0.15) is 62.4 Å². The summed E-state index contributed by atoms with van der Waals surface area (Å²) in [5.41, 5.74) is 3.83. The summed E-state index contributed by atoms with van der Waals surface area (Å²) in [5.74, 6) is 1.54. The Labute approximate surface area is 162 Å². The number of hydrogen-bond donors (Lipinski definition) is 0. The van der Waals surface area contributed by atoms with Gasteiger partial charge in [-0.15, -0.1) is 0 Å². The Morgan fingerprint density at radius 1 is 1.15 bits per heavy atom. The van der Waals surface area contributed by atoms with Gasteiger partial charge in [0.05, 0.1) is 5.69 Å². The number of likely N-dealkylation sites (tertiary alicyclic amines) is 1. The predicted octanol–water partition coefficient (Wildman–Crippen LogP) is 2.45. The Morgan fingerprint density at radius 2 is 1.81 bits per heavy atom. The Kier molecular flexibility index (Phi) is 5.89. The summed E-state index contributed by atoms with van der Waals surface area (Å²) in [6.07, 6.45) is 3.22. The normalized spacial score (nSPS) is 16.6. The zero-order valence-electron chi connectivity index (χ0n) is 17.7. The monoisotopic (exact) mass is 374 g/mol. The molecule has 3 heterocycles. The molecule has 0 aromatic carbocycles. The van der Waals surface area contributed by atoms with Crippen LogP contribution < -0.4 is 5.69 Å². The minimum Gasteiger partial charge on any atom is -0.299 e. The first-order valence-corrected chi connectivity index (χ1v) is 10.2.